The zero-order valence-electron chi connectivity index (χ0n) is 23.3. The second-order valence-electron chi connectivity index (χ2n) is 13.7. The Balaban J connectivity index is 1.16. The number of cyclic esters (lactones) is 1. The maximum atomic E-state index is 12.4. The molecule has 0 aromatic carbocycles. The zero-order valence-corrected chi connectivity index (χ0v) is 23.3. The van der Waals surface area contributed by atoms with Crippen LogP contribution in [-0.2, 0) is 23.7 Å². The van der Waals surface area contributed by atoms with Gasteiger partial charge < -0.3 is 34.3 Å². The lowest BCUT2D eigenvalue weighted by molar-refractivity contribution is -0.313. The highest BCUT2D eigenvalue weighted by Crippen LogP contribution is 2.70. The van der Waals surface area contributed by atoms with E-state index in [-0.39, 0.29) is 34.7 Å². The summed E-state index contributed by atoms with van der Waals surface area (Å²) in [4.78, 5) is 11.8. The van der Waals surface area contributed by atoms with Crippen molar-refractivity contribution < 1.29 is 39.1 Å². The van der Waals surface area contributed by atoms with Crippen LogP contribution in [0.1, 0.15) is 78.6 Å². The first-order chi connectivity index (χ1) is 18.0. The number of aliphatic hydroxyl groups excluding tert-OH is 2. The molecular weight excluding hydrogens is 488 g/mol. The molecular formula is C30H46O8. The van der Waals surface area contributed by atoms with Gasteiger partial charge in [0.05, 0.1) is 17.8 Å². The normalized spacial score (nSPS) is 54.5. The molecule has 0 bridgehead atoms. The lowest BCUT2D eigenvalue weighted by atomic mass is 9.43. The molecule has 0 aromatic rings. The van der Waals surface area contributed by atoms with Crippen molar-refractivity contribution in [1.29, 1.82) is 0 Å². The van der Waals surface area contributed by atoms with E-state index in [1.165, 1.54) is 7.11 Å². The minimum atomic E-state index is -1.04. The van der Waals surface area contributed by atoms with Crippen LogP contribution in [0.15, 0.2) is 11.6 Å². The summed E-state index contributed by atoms with van der Waals surface area (Å²) < 4.78 is 22.8. The number of hydrogen-bond donors (Lipinski definition) is 3. The monoisotopic (exact) mass is 534 g/mol. The Morgan fingerprint density at radius 3 is 2.50 bits per heavy atom. The van der Waals surface area contributed by atoms with E-state index in [9.17, 15) is 20.1 Å². The fourth-order valence-electron chi connectivity index (χ4n) is 10.1. The number of carbonyl (C=O) groups is 1. The number of ether oxygens (including phenoxy) is 4. The topological polar surface area (TPSA) is 115 Å². The van der Waals surface area contributed by atoms with Gasteiger partial charge in [-0.2, -0.15) is 0 Å². The van der Waals surface area contributed by atoms with Crippen molar-refractivity contribution >= 4 is 5.97 Å². The Kier molecular flexibility index (Phi) is 6.80. The van der Waals surface area contributed by atoms with Crippen molar-refractivity contribution in [3.63, 3.8) is 0 Å². The van der Waals surface area contributed by atoms with Crippen LogP contribution >= 0.6 is 0 Å². The second kappa shape index (κ2) is 9.52. The summed E-state index contributed by atoms with van der Waals surface area (Å²) in [6.07, 6.45) is 6.45. The third-order valence-electron chi connectivity index (χ3n) is 12.3. The van der Waals surface area contributed by atoms with Gasteiger partial charge in [-0.3, -0.25) is 0 Å². The van der Waals surface area contributed by atoms with E-state index in [2.05, 4.69) is 13.8 Å². The summed E-state index contributed by atoms with van der Waals surface area (Å²) in [5.74, 6) is 1.22. The van der Waals surface area contributed by atoms with Gasteiger partial charge in [0.2, 0.25) is 0 Å². The Morgan fingerprint density at radius 2 is 1.79 bits per heavy atom. The van der Waals surface area contributed by atoms with E-state index >= 15 is 0 Å². The van der Waals surface area contributed by atoms with E-state index in [1.807, 2.05) is 0 Å². The summed E-state index contributed by atoms with van der Waals surface area (Å²) >= 11 is 0. The van der Waals surface area contributed by atoms with Crippen LogP contribution in [0.25, 0.3) is 0 Å². The van der Waals surface area contributed by atoms with Gasteiger partial charge >= 0.3 is 5.97 Å². The van der Waals surface area contributed by atoms with Crippen LogP contribution in [0, 0.1) is 34.5 Å². The molecule has 214 valence electrons. The van der Waals surface area contributed by atoms with Crippen LogP contribution in [0.5, 0.6) is 0 Å². The molecule has 6 aliphatic rings. The van der Waals surface area contributed by atoms with E-state index in [4.69, 9.17) is 18.9 Å². The molecule has 6 rings (SSSR count). The summed E-state index contributed by atoms with van der Waals surface area (Å²) in [6.45, 7) is 6.87. The number of esters is 1. The highest BCUT2D eigenvalue weighted by molar-refractivity contribution is 5.85. The molecule has 1 unspecified atom stereocenters. The Hall–Kier alpha value is -1.03. The minimum Gasteiger partial charge on any atom is -0.458 e. The standard InChI is InChI=1S/C30H46O8/c1-16-24(32)26(35-4)25(33)27(37-16)38-19-7-10-28(2)18(14-19)5-6-22-21(28)8-11-29(3)20(9-12-30(22,29)34)17-13-23(31)36-15-17/h13,16,18-22,24-27,32-34H,5-12,14-15H2,1-4H3/t16-,18-,19+,20-,21+,22-,24+,25-,26+,27+,28+,29-,30?/m1/s1. The van der Waals surface area contributed by atoms with Crippen molar-refractivity contribution in [3.05, 3.63) is 11.6 Å². The second-order valence-corrected chi connectivity index (χ2v) is 13.7. The largest absolute Gasteiger partial charge is 0.458 e. The lowest BCUT2D eigenvalue weighted by Crippen LogP contribution is -2.62. The van der Waals surface area contributed by atoms with Gasteiger partial charge in [0.1, 0.15) is 24.9 Å². The molecule has 5 fully saturated rings. The van der Waals surface area contributed by atoms with Gasteiger partial charge in [-0.25, -0.2) is 4.79 Å². The maximum absolute atomic E-state index is 12.4. The average molecular weight is 535 g/mol. The van der Waals surface area contributed by atoms with Crippen LogP contribution in [0.2, 0.25) is 0 Å². The number of rotatable bonds is 4. The first-order valence-electron chi connectivity index (χ1n) is 14.8. The smallest absolute Gasteiger partial charge is 0.331 e. The van der Waals surface area contributed by atoms with Gasteiger partial charge in [-0.05, 0) is 99.4 Å². The molecule has 1 saturated heterocycles. The van der Waals surface area contributed by atoms with Crippen molar-refractivity contribution in [2.45, 2.75) is 121 Å². The van der Waals surface area contributed by atoms with Crippen molar-refractivity contribution in [3.8, 4) is 0 Å². The molecule has 4 saturated carbocycles. The summed E-state index contributed by atoms with van der Waals surface area (Å²) in [6, 6.07) is 0. The van der Waals surface area contributed by atoms with Gasteiger partial charge in [0.25, 0.3) is 0 Å². The Bertz CT molecular complexity index is 968. The first-order valence-corrected chi connectivity index (χ1v) is 14.8. The molecule has 8 heteroatoms. The zero-order chi connectivity index (χ0) is 27.0. The van der Waals surface area contributed by atoms with Crippen LogP contribution in [0.4, 0.5) is 0 Å². The fourth-order valence-corrected chi connectivity index (χ4v) is 10.1. The van der Waals surface area contributed by atoms with E-state index < -0.39 is 36.3 Å². The molecule has 0 spiro atoms. The summed E-state index contributed by atoms with van der Waals surface area (Å²) in [5, 5.41) is 33.5. The molecule has 2 heterocycles. The third-order valence-corrected chi connectivity index (χ3v) is 12.3. The molecule has 0 aromatic heterocycles. The van der Waals surface area contributed by atoms with Crippen LogP contribution in [0.3, 0.4) is 0 Å². The quantitative estimate of drug-likeness (QED) is 0.372. The van der Waals surface area contributed by atoms with E-state index in [1.54, 1.807) is 13.0 Å². The number of carbonyl (C=O) groups excluding carboxylic acids is 1. The van der Waals surface area contributed by atoms with Crippen molar-refractivity contribution in [2.75, 3.05) is 13.7 Å². The summed E-state index contributed by atoms with van der Waals surface area (Å²) in [7, 11) is 1.49. The molecule has 0 radical (unpaired) electrons. The van der Waals surface area contributed by atoms with Crippen LogP contribution in [-0.4, -0.2) is 77.4 Å². The van der Waals surface area contributed by atoms with Gasteiger partial charge in [-0.15, -0.1) is 0 Å². The van der Waals surface area contributed by atoms with Gasteiger partial charge in [-0.1, -0.05) is 13.8 Å². The minimum absolute atomic E-state index is 0.0103. The Morgan fingerprint density at radius 1 is 1.00 bits per heavy atom. The fraction of sp³-hybridized carbons (Fsp3) is 0.900. The van der Waals surface area contributed by atoms with Gasteiger partial charge in [0, 0.05) is 18.6 Å². The lowest BCUT2D eigenvalue weighted by Gasteiger charge is -2.64. The summed E-state index contributed by atoms with van der Waals surface area (Å²) in [5.41, 5.74) is 0.300. The number of fused-ring (bicyclic) bond motifs is 5. The molecule has 0 amide bonds. The van der Waals surface area contributed by atoms with Crippen molar-refractivity contribution in [2.24, 2.45) is 34.5 Å². The predicted molar refractivity (Wildman–Crippen MR) is 138 cm³/mol. The molecule has 4 aliphatic carbocycles. The number of methoxy groups -OCH3 is 1. The van der Waals surface area contributed by atoms with Gasteiger partial charge in [0.15, 0.2) is 6.29 Å². The molecule has 38 heavy (non-hydrogen) atoms. The highest BCUT2D eigenvalue weighted by Gasteiger charge is 2.67. The van der Waals surface area contributed by atoms with Crippen LogP contribution < -0.4 is 0 Å². The Labute approximate surface area is 226 Å². The number of hydrogen-bond acceptors (Lipinski definition) is 8. The van der Waals surface area contributed by atoms with Crippen molar-refractivity contribution in [1.82, 2.24) is 0 Å². The van der Waals surface area contributed by atoms with E-state index in [0.29, 0.717) is 18.4 Å². The molecule has 3 N–H and O–H groups in total. The first kappa shape index (κ1) is 27.2. The highest BCUT2D eigenvalue weighted by atomic mass is 16.7. The molecule has 8 nitrogen and oxygen atoms in total. The maximum Gasteiger partial charge on any atom is 0.331 e. The molecule has 2 aliphatic heterocycles. The SMILES string of the molecule is CO[C@H]1[C@@H](O)[C@@H](C)O[C@@H](O[C@H]2CC[C@@]3(C)[C@H](CC[C@@H]4[C@@H]3CC[C@]3(C)[C@@H](C5=CC(=O)OC5)CCC43O)C2)[C@@H]1O. The average Bonchev–Trinajstić information content (AvgIpc) is 3.43. The molecule has 13 atom stereocenters. The number of aliphatic hydroxyl groups is 3. The predicted octanol–water partition coefficient (Wildman–Crippen LogP) is 3.11. The van der Waals surface area contributed by atoms with E-state index in [0.717, 1.165) is 63.4 Å². The third kappa shape index (κ3) is 3.88.